The zero-order chi connectivity index (χ0) is 23.2. The summed E-state index contributed by atoms with van der Waals surface area (Å²) < 4.78 is 0. The summed E-state index contributed by atoms with van der Waals surface area (Å²) in [5.41, 5.74) is 2.97. The van der Waals surface area contributed by atoms with Crippen molar-refractivity contribution in [2.45, 2.75) is 23.6 Å². The quantitative estimate of drug-likeness (QED) is 0.150. The molecule has 2 aromatic heterocycles. The van der Waals surface area contributed by atoms with Gasteiger partial charge in [0.2, 0.25) is 5.91 Å². The first-order valence-corrected chi connectivity index (χ1v) is 11.8. The van der Waals surface area contributed by atoms with E-state index in [1.807, 2.05) is 43.3 Å². The van der Waals surface area contributed by atoms with Crippen LogP contribution < -0.4 is 5.32 Å². The van der Waals surface area contributed by atoms with E-state index in [0.29, 0.717) is 27.8 Å². The average Bonchev–Trinajstić information content (AvgIpc) is 3.31. The van der Waals surface area contributed by atoms with E-state index in [0.717, 1.165) is 11.3 Å². The molecule has 0 bridgehead atoms. The van der Waals surface area contributed by atoms with Crippen molar-refractivity contribution >= 4 is 39.8 Å². The molecule has 1 unspecified atom stereocenters. The fourth-order valence-corrected chi connectivity index (χ4v) is 4.70. The van der Waals surface area contributed by atoms with E-state index in [1.165, 1.54) is 41.6 Å². The molecule has 0 aliphatic heterocycles. The lowest BCUT2D eigenvalue weighted by Gasteiger charge is -2.13. The largest absolute Gasteiger partial charge is 0.301 e. The van der Waals surface area contributed by atoms with Crippen LogP contribution in [0, 0.1) is 10.1 Å². The van der Waals surface area contributed by atoms with Gasteiger partial charge >= 0.3 is 0 Å². The molecular formula is C23H19N5O3S2. The van der Waals surface area contributed by atoms with Gasteiger partial charge in [-0.25, -0.2) is 15.0 Å². The molecule has 4 rings (SSSR count). The van der Waals surface area contributed by atoms with Crippen LogP contribution in [0.2, 0.25) is 0 Å². The molecule has 2 aromatic carbocycles. The second kappa shape index (κ2) is 10.3. The number of thiazole rings is 1. The zero-order valence-electron chi connectivity index (χ0n) is 17.5. The molecule has 0 saturated carbocycles. The number of aromatic nitrogens is 3. The van der Waals surface area contributed by atoms with Crippen molar-refractivity contribution in [2.75, 3.05) is 5.32 Å². The summed E-state index contributed by atoms with van der Waals surface area (Å²) >= 11 is 2.65. The van der Waals surface area contributed by atoms with Gasteiger partial charge in [-0.2, -0.15) is 0 Å². The Morgan fingerprint density at radius 3 is 2.64 bits per heavy atom. The minimum absolute atomic E-state index is 0.00624. The fraction of sp³-hybridized carbons (Fsp3) is 0.130. The Bertz CT molecular complexity index is 1280. The Morgan fingerprint density at radius 2 is 1.88 bits per heavy atom. The number of hydrogen-bond acceptors (Lipinski definition) is 8. The summed E-state index contributed by atoms with van der Waals surface area (Å²) in [6, 6.07) is 17.9. The molecule has 1 N–H and O–H groups in total. The van der Waals surface area contributed by atoms with Crippen LogP contribution in [0.5, 0.6) is 0 Å². The van der Waals surface area contributed by atoms with E-state index < -0.39 is 4.92 Å². The number of anilines is 1. The molecular weight excluding hydrogens is 458 g/mol. The summed E-state index contributed by atoms with van der Waals surface area (Å²) in [5.74, 6) is -0.178. The predicted octanol–water partition coefficient (Wildman–Crippen LogP) is 5.68. The third-order valence-electron chi connectivity index (χ3n) is 4.72. The Hall–Kier alpha value is -3.63. The van der Waals surface area contributed by atoms with Gasteiger partial charge in [0.1, 0.15) is 11.4 Å². The van der Waals surface area contributed by atoms with Gasteiger partial charge in [0.25, 0.3) is 5.69 Å². The van der Waals surface area contributed by atoms with Crippen LogP contribution in [0.15, 0.2) is 77.4 Å². The van der Waals surface area contributed by atoms with E-state index in [9.17, 15) is 14.9 Å². The molecule has 33 heavy (non-hydrogen) atoms. The number of amides is 1. The van der Waals surface area contributed by atoms with Crippen molar-refractivity contribution in [1.82, 2.24) is 15.0 Å². The van der Waals surface area contributed by atoms with Crippen molar-refractivity contribution < 1.29 is 9.72 Å². The molecule has 1 amide bonds. The molecule has 4 aromatic rings. The highest BCUT2D eigenvalue weighted by Crippen LogP contribution is 2.30. The minimum atomic E-state index is -0.446. The molecule has 0 aliphatic carbocycles. The number of benzene rings is 2. The highest BCUT2D eigenvalue weighted by molar-refractivity contribution is 8.00. The monoisotopic (exact) mass is 477 g/mol. The van der Waals surface area contributed by atoms with Gasteiger partial charge in [-0.1, -0.05) is 61.2 Å². The highest BCUT2D eigenvalue weighted by Gasteiger charge is 2.21. The average molecular weight is 478 g/mol. The number of nitrogens with one attached hydrogen (secondary N) is 1. The maximum Gasteiger partial charge on any atom is 0.270 e. The van der Waals surface area contributed by atoms with E-state index in [2.05, 4.69) is 20.3 Å². The van der Waals surface area contributed by atoms with Gasteiger partial charge in [0.05, 0.1) is 21.6 Å². The van der Waals surface area contributed by atoms with E-state index >= 15 is 0 Å². The molecule has 0 saturated heterocycles. The maximum atomic E-state index is 12.9. The molecule has 8 nitrogen and oxygen atoms in total. The smallest absolute Gasteiger partial charge is 0.270 e. The Morgan fingerprint density at radius 1 is 1.09 bits per heavy atom. The third-order valence-corrected chi connectivity index (χ3v) is 6.78. The SMILES string of the molecule is CCC(Sc1cc(-c2ccccc2)ncn1)C(=O)Nc1nc(-c2cccc([N+](=O)[O-])c2)cs1. The molecule has 0 aliphatic rings. The number of nitrogens with zero attached hydrogens (tertiary/aromatic N) is 4. The number of carbonyl (C=O) groups excluding carboxylic acids is 1. The standard InChI is InChI=1S/C23H19N5O3S2/c1-2-20(33-21-12-18(24-14-25-21)15-7-4-3-5-8-15)22(29)27-23-26-19(13-32-23)16-9-6-10-17(11-16)28(30)31/h3-14,20H,2H2,1H3,(H,26,27,29). The summed E-state index contributed by atoms with van der Waals surface area (Å²) in [5, 5.41) is 16.4. The third kappa shape index (κ3) is 5.60. The van der Waals surface area contributed by atoms with E-state index in [1.54, 1.807) is 17.5 Å². The summed E-state index contributed by atoms with van der Waals surface area (Å²) in [6.07, 6.45) is 2.10. The number of nitro benzene ring substituents is 1. The number of rotatable bonds is 8. The van der Waals surface area contributed by atoms with Crippen LogP contribution in [-0.2, 0) is 4.79 Å². The van der Waals surface area contributed by atoms with Gasteiger partial charge in [-0.15, -0.1) is 11.3 Å². The van der Waals surface area contributed by atoms with E-state index in [4.69, 9.17) is 0 Å². The number of nitro groups is 1. The van der Waals surface area contributed by atoms with Gasteiger partial charge in [0.15, 0.2) is 5.13 Å². The van der Waals surface area contributed by atoms with Crippen LogP contribution in [0.1, 0.15) is 13.3 Å². The lowest BCUT2D eigenvalue weighted by molar-refractivity contribution is -0.384. The first-order valence-electron chi connectivity index (χ1n) is 10.1. The second-order valence-electron chi connectivity index (χ2n) is 6.96. The molecule has 10 heteroatoms. The van der Waals surface area contributed by atoms with Gasteiger partial charge in [-0.3, -0.25) is 14.9 Å². The van der Waals surface area contributed by atoms with Crippen molar-refractivity contribution in [3.63, 3.8) is 0 Å². The molecule has 0 radical (unpaired) electrons. The summed E-state index contributed by atoms with van der Waals surface area (Å²) in [6.45, 7) is 1.94. The Kier molecular flexibility index (Phi) is 7.06. The second-order valence-corrected chi connectivity index (χ2v) is 9.04. The molecule has 166 valence electrons. The summed E-state index contributed by atoms with van der Waals surface area (Å²) in [4.78, 5) is 36.5. The summed E-state index contributed by atoms with van der Waals surface area (Å²) in [7, 11) is 0. The number of non-ortho nitro benzene ring substituents is 1. The zero-order valence-corrected chi connectivity index (χ0v) is 19.2. The lowest BCUT2D eigenvalue weighted by atomic mass is 10.1. The lowest BCUT2D eigenvalue weighted by Crippen LogP contribution is -2.24. The van der Waals surface area contributed by atoms with Crippen molar-refractivity contribution in [3.8, 4) is 22.5 Å². The van der Waals surface area contributed by atoms with Gasteiger partial charge < -0.3 is 5.32 Å². The van der Waals surface area contributed by atoms with Crippen LogP contribution in [0.3, 0.4) is 0 Å². The predicted molar refractivity (Wildman–Crippen MR) is 130 cm³/mol. The molecule has 2 heterocycles. The maximum absolute atomic E-state index is 12.9. The molecule has 1 atom stereocenters. The molecule has 0 fully saturated rings. The number of thioether (sulfide) groups is 1. The Balaban J connectivity index is 1.45. The van der Waals surface area contributed by atoms with Crippen LogP contribution >= 0.6 is 23.1 Å². The molecule has 0 spiro atoms. The van der Waals surface area contributed by atoms with E-state index in [-0.39, 0.29) is 16.8 Å². The highest BCUT2D eigenvalue weighted by atomic mass is 32.2. The fourth-order valence-electron chi connectivity index (χ4n) is 3.07. The van der Waals surface area contributed by atoms with Crippen molar-refractivity contribution in [2.24, 2.45) is 0 Å². The van der Waals surface area contributed by atoms with Gasteiger partial charge in [-0.05, 0) is 12.5 Å². The van der Waals surface area contributed by atoms with Crippen LogP contribution in [-0.4, -0.2) is 31.0 Å². The van der Waals surface area contributed by atoms with Crippen molar-refractivity contribution in [3.05, 3.63) is 82.5 Å². The minimum Gasteiger partial charge on any atom is -0.301 e. The van der Waals surface area contributed by atoms with Gasteiger partial charge in [0, 0.05) is 28.6 Å². The first kappa shape index (κ1) is 22.6. The van der Waals surface area contributed by atoms with Crippen LogP contribution in [0.4, 0.5) is 10.8 Å². The van der Waals surface area contributed by atoms with Crippen molar-refractivity contribution in [1.29, 1.82) is 0 Å². The normalized spacial score (nSPS) is 11.7. The van der Waals surface area contributed by atoms with Crippen LogP contribution in [0.25, 0.3) is 22.5 Å². The first-order chi connectivity index (χ1) is 16.0. The topological polar surface area (TPSA) is 111 Å². The number of hydrogen-bond donors (Lipinski definition) is 1. The Labute approximate surface area is 198 Å². The number of carbonyl (C=O) groups is 1.